The molecule has 6 atom stereocenters. The van der Waals surface area contributed by atoms with Crippen molar-refractivity contribution >= 4 is 63.7 Å². The molecule has 1 N–H and O–H groups in total. The molecule has 0 radical (unpaired) electrons. The highest BCUT2D eigenvalue weighted by atomic mass is 35.5. The number of phenolic OH excluding ortho intramolecular Hbond substituents is 1. The van der Waals surface area contributed by atoms with E-state index in [1.54, 1.807) is 43.3 Å². The zero-order valence-corrected chi connectivity index (χ0v) is 27.7. The van der Waals surface area contributed by atoms with Crippen molar-refractivity contribution in [2.75, 3.05) is 28.8 Å². The van der Waals surface area contributed by atoms with Gasteiger partial charge in [0.1, 0.15) is 5.75 Å². The Kier molecular flexibility index (Phi) is 7.55. The number of rotatable bonds is 6. The highest BCUT2D eigenvalue weighted by Crippen LogP contribution is 2.64. The fourth-order valence-corrected chi connectivity index (χ4v) is 8.83. The molecular formula is C35H30ClN5O9. The second-order valence-electron chi connectivity index (χ2n) is 13.5. The van der Waals surface area contributed by atoms with Crippen molar-refractivity contribution in [1.82, 2.24) is 0 Å². The van der Waals surface area contributed by atoms with Crippen LogP contribution >= 0.6 is 11.6 Å². The lowest BCUT2D eigenvalue weighted by molar-refractivity contribution is -0.392. The molecule has 14 nitrogen and oxygen atoms in total. The molecule has 0 bridgehead atoms. The van der Waals surface area contributed by atoms with Gasteiger partial charge in [0.05, 0.1) is 44.4 Å². The first kappa shape index (κ1) is 32.9. The van der Waals surface area contributed by atoms with Gasteiger partial charge in [-0.05, 0) is 56.0 Å². The molecule has 3 fully saturated rings. The number of benzene rings is 3. The Morgan fingerprint density at radius 3 is 2.10 bits per heavy atom. The number of nitrogens with zero attached hydrogens (tertiary/aromatic N) is 5. The predicted octanol–water partition coefficient (Wildman–Crippen LogP) is 5.36. The SMILES string of the molecule is CN(C)c1c([N+](=O)[O-])cc(N2C(=O)C3CC=C4C(CC5C(=O)N(c6ccccc6)C(=O)C5(C)C4c4cc(Cl)ccc4O)C3C2=O)cc1[N+](=O)[O-]. The molecule has 4 aliphatic rings. The normalized spacial score (nSPS) is 27.1. The number of phenols is 1. The molecule has 4 amide bonds. The van der Waals surface area contributed by atoms with Gasteiger partial charge in [-0.3, -0.25) is 39.4 Å². The quantitative estimate of drug-likeness (QED) is 0.152. The summed E-state index contributed by atoms with van der Waals surface area (Å²) in [6.07, 6.45) is 1.83. The molecule has 50 heavy (non-hydrogen) atoms. The van der Waals surface area contributed by atoms with Crippen molar-refractivity contribution in [2.45, 2.75) is 25.7 Å². The molecular weight excluding hydrogens is 670 g/mol. The monoisotopic (exact) mass is 699 g/mol. The van der Waals surface area contributed by atoms with E-state index in [-0.39, 0.29) is 40.6 Å². The van der Waals surface area contributed by atoms with Crippen LogP contribution in [0.1, 0.15) is 31.2 Å². The summed E-state index contributed by atoms with van der Waals surface area (Å²) in [5.74, 6) is -7.23. The first-order valence-electron chi connectivity index (χ1n) is 15.8. The number of imide groups is 2. The summed E-state index contributed by atoms with van der Waals surface area (Å²) in [5.41, 5.74) is -2.11. The highest BCUT2D eigenvalue weighted by molar-refractivity contribution is 6.30. The summed E-state index contributed by atoms with van der Waals surface area (Å²) in [5, 5.41) is 35.6. The lowest BCUT2D eigenvalue weighted by Crippen LogP contribution is -2.48. The van der Waals surface area contributed by atoms with Crippen molar-refractivity contribution in [1.29, 1.82) is 0 Å². The minimum atomic E-state index is -1.42. The lowest BCUT2D eigenvalue weighted by atomic mass is 9.51. The van der Waals surface area contributed by atoms with Crippen molar-refractivity contribution in [3.05, 3.63) is 103 Å². The van der Waals surface area contributed by atoms with E-state index in [4.69, 9.17) is 11.6 Å². The number of carbonyl (C=O) groups excluding carboxylic acids is 4. The molecule has 6 unspecified atom stereocenters. The minimum Gasteiger partial charge on any atom is -0.508 e. The van der Waals surface area contributed by atoms with E-state index in [9.17, 15) is 44.5 Å². The minimum absolute atomic E-state index is 0.0158. The first-order valence-corrected chi connectivity index (χ1v) is 16.2. The highest BCUT2D eigenvalue weighted by Gasteiger charge is 2.68. The van der Waals surface area contributed by atoms with E-state index in [1.807, 2.05) is 0 Å². The van der Waals surface area contributed by atoms with Gasteiger partial charge < -0.3 is 10.0 Å². The summed E-state index contributed by atoms with van der Waals surface area (Å²) in [7, 11) is 2.81. The van der Waals surface area contributed by atoms with E-state index >= 15 is 0 Å². The maximum atomic E-state index is 14.5. The largest absolute Gasteiger partial charge is 0.508 e. The van der Waals surface area contributed by atoms with Crippen molar-refractivity contribution in [3.8, 4) is 5.75 Å². The fraction of sp³-hybridized carbons (Fsp3) is 0.314. The Bertz CT molecular complexity index is 2050. The van der Waals surface area contributed by atoms with Gasteiger partial charge in [-0.15, -0.1) is 0 Å². The number of anilines is 3. The Balaban J connectivity index is 1.37. The Morgan fingerprint density at radius 2 is 1.50 bits per heavy atom. The maximum absolute atomic E-state index is 14.5. The van der Waals surface area contributed by atoms with Crippen LogP contribution in [-0.2, 0) is 19.2 Å². The summed E-state index contributed by atoms with van der Waals surface area (Å²) in [6, 6.07) is 14.8. The van der Waals surface area contributed by atoms with E-state index < -0.39 is 79.9 Å². The van der Waals surface area contributed by atoms with Gasteiger partial charge in [-0.25, -0.2) is 9.80 Å². The van der Waals surface area contributed by atoms with Gasteiger partial charge in [0.25, 0.3) is 0 Å². The van der Waals surface area contributed by atoms with Crippen LogP contribution in [-0.4, -0.2) is 52.7 Å². The van der Waals surface area contributed by atoms with Crippen molar-refractivity contribution < 1.29 is 34.1 Å². The number of hydrogen-bond acceptors (Lipinski definition) is 10. The van der Waals surface area contributed by atoms with Crippen molar-refractivity contribution in [3.63, 3.8) is 0 Å². The molecule has 15 heteroatoms. The van der Waals surface area contributed by atoms with Crippen LogP contribution in [0.15, 0.2) is 72.3 Å². The number of allylic oxidation sites excluding steroid dienone is 2. The van der Waals surface area contributed by atoms with Crippen LogP contribution in [0.25, 0.3) is 0 Å². The van der Waals surface area contributed by atoms with Gasteiger partial charge in [0.2, 0.25) is 23.6 Å². The number of halogens is 1. The second-order valence-corrected chi connectivity index (χ2v) is 13.9. The maximum Gasteiger partial charge on any atom is 0.301 e. The summed E-state index contributed by atoms with van der Waals surface area (Å²) in [4.78, 5) is 82.9. The van der Waals surface area contributed by atoms with E-state index in [0.717, 1.165) is 21.9 Å². The summed E-state index contributed by atoms with van der Waals surface area (Å²) in [6.45, 7) is 1.67. The molecule has 0 aromatic heterocycles. The Morgan fingerprint density at radius 1 is 0.860 bits per heavy atom. The van der Waals surface area contributed by atoms with Gasteiger partial charge in [0.15, 0.2) is 5.69 Å². The Hall–Kier alpha value is -5.63. The number of aromatic hydroxyl groups is 1. The summed E-state index contributed by atoms with van der Waals surface area (Å²) < 4.78 is 0. The van der Waals surface area contributed by atoms with Crippen LogP contribution in [0.5, 0.6) is 5.75 Å². The Labute approximate surface area is 289 Å². The number of nitro benzene ring substituents is 2. The average Bonchev–Trinajstić information content (AvgIpc) is 3.45. The first-order chi connectivity index (χ1) is 23.7. The fourth-order valence-electron chi connectivity index (χ4n) is 8.65. The lowest BCUT2D eigenvalue weighted by Gasteiger charge is -2.49. The number of hydrogen-bond donors (Lipinski definition) is 1. The third-order valence-electron chi connectivity index (χ3n) is 10.7. The van der Waals surface area contributed by atoms with Gasteiger partial charge in [0, 0.05) is 42.7 Å². The van der Waals surface area contributed by atoms with Crippen LogP contribution < -0.4 is 14.7 Å². The van der Waals surface area contributed by atoms with Crippen molar-refractivity contribution in [2.24, 2.45) is 29.1 Å². The molecule has 2 heterocycles. The van der Waals surface area contributed by atoms with E-state index in [2.05, 4.69) is 0 Å². The van der Waals surface area contributed by atoms with Gasteiger partial charge >= 0.3 is 11.4 Å². The molecule has 256 valence electrons. The zero-order valence-electron chi connectivity index (χ0n) is 27.0. The molecule has 2 saturated heterocycles. The molecule has 3 aromatic carbocycles. The van der Waals surface area contributed by atoms with Gasteiger partial charge in [-0.2, -0.15) is 0 Å². The zero-order chi connectivity index (χ0) is 36.0. The third-order valence-corrected chi connectivity index (χ3v) is 11.0. The third kappa shape index (κ3) is 4.54. The number of para-hydroxylation sites is 1. The number of nitro groups is 2. The second kappa shape index (κ2) is 11.5. The van der Waals surface area contributed by atoms with Crippen LogP contribution in [0.2, 0.25) is 5.02 Å². The van der Waals surface area contributed by atoms with Gasteiger partial charge in [-0.1, -0.05) is 41.4 Å². The predicted molar refractivity (Wildman–Crippen MR) is 181 cm³/mol. The van der Waals surface area contributed by atoms with Crippen LogP contribution in [0, 0.1) is 49.3 Å². The molecule has 2 aliphatic heterocycles. The molecule has 0 spiro atoms. The van der Waals surface area contributed by atoms with E-state index in [0.29, 0.717) is 11.3 Å². The van der Waals surface area contributed by atoms with Crippen LogP contribution in [0.3, 0.4) is 0 Å². The number of carbonyl (C=O) groups is 4. The molecule has 1 saturated carbocycles. The van der Waals surface area contributed by atoms with E-state index in [1.165, 1.54) is 37.2 Å². The standard InChI is InChI=1S/C35H30ClN5O9/c1-35-24(32(44)39(34(35)46)18-7-5-4-6-8-18)16-22-20(29(35)23-13-17(36)9-12-27(23)42)10-11-21-28(22)33(45)38(31(21)43)19-14-25(40(47)48)30(37(2)3)26(15-19)41(49)50/h4-10,12-15,21-22,24,28-29,42H,11,16H2,1-3H3. The topological polar surface area (TPSA) is 185 Å². The smallest absolute Gasteiger partial charge is 0.301 e. The molecule has 7 rings (SSSR count). The molecule has 2 aliphatic carbocycles. The number of amides is 4. The average molecular weight is 700 g/mol. The number of fused-ring (bicyclic) bond motifs is 4. The molecule has 3 aromatic rings. The van der Waals surface area contributed by atoms with Crippen LogP contribution in [0.4, 0.5) is 28.4 Å². The summed E-state index contributed by atoms with van der Waals surface area (Å²) >= 11 is 6.41.